The van der Waals surface area contributed by atoms with Crippen LogP contribution in [0.4, 0.5) is 0 Å². The molecule has 0 heterocycles. The fourth-order valence-electron chi connectivity index (χ4n) is 1.35. The Morgan fingerprint density at radius 2 is 1.85 bits per heavy atom. The van der Waals surface area contributed by atoms with Gasteiger partial charge in [-0.15, -0.1) is 0 Å². The van der Waals surface area contributed by atoms with Crippen molar-refractivity contribution in [1.82, 2.24) is 0 Å². The van der Waals surface area contributed by atoms with Gasteiger partial charge in [0, 0.05) is 12.0 Å². The van der Waals surface area contributed by atoms with Gasteiger partial charge in [-0.05, 0) is 5.56 Å². The van der Waals surface area contributed by atoms with Crippen molar-refractivity contribution < 1.29 is 5.11 Å². The Morgan fingerprint density at radius 3 is 2.31 bits per heavy atom. The summed E-state index contributed by atoms with van der Waals surface area (Å²) in [5, 5.41) is 9.71. The number of nitrogens with two attached hydrogens (primary N) is 1. The second-order valence-electron chi connectivity index (χ2n) is 3.84. The van der Waals surface area contributed by atoms with Crippen LogP contribution in [-0.4, -0.2) is 17.8 Å². The Balaban J connectivity index is 2.93. The molecular formula is C11H17NO. The number of hydrogen-bond acceptors (Lipinski definition) is 2. The molecule has 1 aromatic carbocycles. The molecule has 0 aliphatic heterocycles. The predicted molar refractivity (Wildman–Crippen MR) is 54.5 cm³/mol. The van der Waals surface area contributed by atoms with Crippen LogP contribution >= 0.6 is 0 Å². The Labute approximate surface area is 79.4 Å². The van der Waals surface area contributed by atoms with Crippen LogP contribution in [0.3, 0.4) is 0 Å². The first-order valence-corrected chi connectivity index (χ1v) is 4.52. The average molecular weight is 179 g/mol. The summed E-state index contributed by atoms with van der Waals surface area (Å²) in [6.07, 6.45) is -0.491. The Morgan fingerprint density at radius 1 is 1.31 bits per heavy atom. The highest BCUT2D eigenvalue weighted by atomic mass is 16.3. The van der Waals surface area contributed by atoms with E-state index in [0.717, 1.165) is 5.56 Å². The summed E-state index contributed by atoms with van der Waals surface area (Å²) in [7, 11) is 0. The highest BCUT2D eigenvalue weighted by Crippen LogP contribution is 2.26. The second-order valence-corrected chi connectivity index (χ2v) is 3.84. The largest absolute Gasteiger partial charge is 0.391 e. The fourth-order valence-corrected chi connectivity index (χ4v) is 1.35. The van der Waals surface area contributed by atoms with Gasteiger partial charge in [-0.1, -0.05) is 44.2 Å². The molecule has 0 bridgehead atoms. The van der Waals surface area contributed by atoms with Crippen LogP contribution in [0.2, 0.25) is 0 Å². The van der Waals surface area contributed by atoms with E-state index in [2.05, 4.69) is 0 Å². The molecule has 3 N–H and O–H groups in total. The van der Waals surface area contributed by atoms with Crippen molar-refractivity contribution in [3.63, 3.8) is 0 Å². The maximum atomic E-state index is 9.71. The molecular weight excluding hydrogens is 162 g/mol. The Hall–Kier alpha value is -0.860. The van der Waals surface area contributed by atoms with E-state index in [0.29, 0.717) is 6.54 Å². The molecule has 0 aliphatic rings. The molecule has 0 saturated heterocycles. The molecule has 0 spiro atoms. The van der Waals surface area contributed by atoms with Gasteiger partial charge in [0.2, 0.25) is 0 Å². The molecule has 0 fully saturated rings. The lowest BCUT2D eigenvalue weighted by atomic mass is 9.79. The normalized spacial score (nSPS) is 14.2. The summed E-state index contributed by atoms with van der Waals surface area (Å²) >= 11 is 0. The zero-order valence-corrected chi connectivity index (χ0v) is 8.20. The van der Waals surface area contributed by atoms with E-state index in [9.17, 15) is 5.11 Å². The average Bonchev–Trinajstić information content (AvgIpc) is 2.18. The fraction of sp³-hybridized carbons (Fsp3) is 0.455. The first-order valence-electron chi connectivity index (χ1n) is 4.52. The molecule has 0 saturated carbocycles. The van der Waals surface area contributed by atoms with Crippen LogP contribution in [-0.2, 0) is 5.41 Å². The summed E-state index contributed by atoms with van der Waals surface area (Å²) in [6.45, 7) is 4.29. The predicted octanol–water partition coefficient (Wildman–Crippen LogP) is 1.28. The van der Waals surface area contributed by atoms with E-state index < -0.39 is 6.10 Å². The minimum absolute atomic E-state index is 0.268. The molecule has 72 valence electrons. The Kier molecular flexibility index (Phi) is 3.07. The van der Waals surface area contributed by atoms with E-state index in [4.69, 9.17) is 5.73 Å². The lowest BCUT2D eigenvalue weighted by Crippen LogP contribution is -2.39. The minimum Gasteiger partial charge on any atom is -0.391 e. The molecule has 2 heteroatoms. The van der Waals surface area contributed by atoms with Crippen molar-refractivity contribution in [1.29, 1.82) is 0 Å². The molecule has 0 aromatic heterocycles. The summed E-state index contributed by atoms with van der Waals surface area (Å²) in [5.41, 5.74) is 6.30. The molecule has 1 rings (SSSR count). The molecule has 1 atom stereocenters. The van der Waals surface area contributed by atoms with E-state index in [1.165, 1.54) is 0 Å². The van der Waals surface area contributed by atoms with Crippen molar-refractivity contribution in [3.8, 4) is 0 Å². The molecule has 0 aliphatic carbocycles. The van der Waals surface area contributed by atoms with Gasteiger partial charge in [0.15, 0.2) is 0 Å². The summed E-state index contributed by atoms with van der Waals surface area (Å²) in [4.78, 5) is 0. The standard InChI is InChI=1S/C11H17NO/c1-11(2,10(13)8-12)9-6-4-3-5-7-9/h3-7,10,13H,8,12H2,1-2H3/t10-/m1/s1. The van der Waals surface area contributed by atoms with Crippen LogP contribution < -0.4 is 5.73 Å². The van der Waals surface area contributed by atoms with Gasteiger partial charge in [-0.3, -0.25) is 0 Å². The second kappa shape index (κ2) is 3.90. The van der Waals surface area contributed by atoms with Gasteiger partial charge in [0.1, 0.15) is 0 Å². The smallest absolute Gasteiger partial charge is 0.0753 e. The zero-order chi connectivity index (χ0) is 9.90. The maximum absolute atomic E-state index is 9.71. The number of aliphatic hydroxyl groups is 1. The summed E-state index contributed by atoms with van der Waals surface area (Å²) < 4.78 is 0. The number of rotatable bonds is 3. The van der Waals surface area contributed by atoms with E-state index in [-0.39, 0.29) is 5.41 Å². The van der Waals surface area contributed by atoms with Gasteiger partial charge in [-0.2, -0.15) is 0 Å². The molecule has 1 aromatic rings. The zero-order valence-electron chi connectivity index (χ0n) is 8.20. The third-order valence-electron chi connectivity index (χ3n) is 2.57. The first-order chi connectivity index (χ1) is 6.09. The van der Waals surface area contributed by atoms with Crippen LogP contribution in [0.15, 0.2) is 30.3 Å². The monoisotopic (exact) mass is 179 g/mol. The van der Waals surface area contributed by atoms with Gasteiger partial charge >= 0.3 is 0 Å². The number of hydrogen-bond donors (Lipinski definition) is 2. The highest BCUT2D eigenvalue weighted by Gasteiger charge is 2.28. The lowest BCUT2D eigenvalue weighted by molar-refractivity contribution is 0.108. The van der Waals surface area contributed by atoms with Gasteiger partial charge in [-0.25, -0.2) is 0 Å². The van der Waals surface area contributed by atoms with Crippen molar-refractivity contribution >= 4 is 0 Å². The topological polar surface area (TPSA) is 46.2 Å². The van der Waals surface area contributed by atoms with Gasteiger partial charge < -0.3 is 10.8 Å². The highest BCUT2D eigenvalue weighted by molar-refractivity contribution is 5.25. The first kappa shape index (κ1) is 10.2. The molecule has 2 nitrogen and oxygen atoms in total. The molecule has 13 heavy (non-hydrogen) atoms. The summed E-state index contributed by atoms with van der Waals surface area (Å²) in [5.74, 6) is 0. The minimum atomic E-state index is -0.491. The van der Waals surface area contributed by atoms with Crippen molar-refractivity contribution in [2.24, 2.45) is 5.73 Å². The molecule has 0 radical (unpaired) electrons. The van der Waals surface area contributed by atoms with Crippen LogP contribution in [0, 0.1) is 0 Å². The molecule has 0 amide bonds. The van der Waals surface area contributed by atoms with Crippen LogP contribution in [0.5, 0.6) is 0 Å². The number of aliphatic hydroxyl groups excluding tert-OH is 1. The van der Waals surface area contributed by atoms with Crippen LogP contribution in [0.25, 0.3) is 0 Å². The van der Waals surface area contributed by atoms with Crippen molar-refractivity contribution in [3.05, 3.63) is 35.9 Å². The van der Waals surface area contributed by atoms with Crippen molar-refractivity contribution in [2.75, 3.05) is 6.54 Å². The van der Waals surface area contributed by atoms with E-state index in [1.54, 1.807) is 0 Å². The number of benzene rings is 1. The lowest BCUT2D eigenvalue weighted by Gasteiger charge is -2.30. The van der Waals surface area contributed by atoms with Gasteiger partial charge in [0.05, 0.1) is 6.10 Å². The Bertz CT molecular complexity index is 256. The van der Waals surface area contributed by atoms with Crippen LogP contribution in [0.1, 0.15) is 19.4 Å². The van der Waals surface area contributed by atoms with E-state index in [1.807, 2.05) is 44.2 Å². The SMILES string of the molecule is CC(C)(c1ccccc1)[C@H](O)CN. The quantitative estimate of drug-likeness (QED) is 0.734. The maximum Gasteiger partial charge on any atom is 0.0753 e. The summed E-state index contributed by atoms with van der Waals surface area (Å²) in [6, 6.07) is 9.94. The van der Waals surface area contributed by atoms with Gasteiger partial charge in [0.25, 0.3) is 0 Å². The van der Waals surface area contributed by atoms with E-state index >= 15 is 0 Å². The van der Waals surface area contributed by atoms with Crippen molar-refractivity contribution in [2.45, 2.75) is 25.4 Å². The third kappa shape index (κ3) is 2.08. The third-order valence-corrected chi connectivity index (χ3v) is 2.57. The molecule has 0 unspecified atom stereocenters.